The number of hydrogen-bond donors (Lipinski definition) is 1. The van der Waals surface area contributed by atoms with Crippen LogP contribution in [-0.4, -0.2) is 52.6 Å². The lowest BCUT2D eigenvalue weighted by Gasteiger charge is -2.54. The zero-order valence-corrected chi connectivity index (χ0v) is 15.1. The maximum Gasteiger partial charge on any atom is 0.573 e. The minimum Gasteiger partial charge on any atom is -0.465 e. The predicted molar refractivity (Wildman–Crippen MR) is 87.7 cm³/mol. The van der Waals surface area contributed by atoms with Gasteiger partial charge in [0.1, 0.15) is 0 Å². The number of rotatable bonds is 2. The van der Waals surface area contributed by atoms with Gasteiger partial charge in [0, 0.05) is 13.1 Å². The minimum atomic E-state index is -4.93. The highest BCUT2D eigenvalue weighted by Gasteiger charge is 2.48. The normalized spacial score (nSPS) is 22.5. The second-order valence-corrected chi connectivity index (χ2v) is 7.29. The molecule has 0 saturated carbocycles. The van der Waals surface area contributed by atoms with Crippen molar-refractivity contribution in [3.05, 3.63) is 15.6 Å². The Hall–Kier alpha value is -1.88. The Morgan fingerprint density at radius 1 is 1.42 bits per heavy atom. The molecule has 1 N–H and O–H groups in total. The fourth-order valence-corrected chi connectivity index (χ4v) is 4.27. The average Bonchev–Trinajstić information content (AvgIpc) is 2.96. The van der Waals surface area contributed by atoms with Crippen molar-refractivity contribution in [1.29, 1.82) is 0 Å². The molecule has 1 amide bonds. The summed E-state index contributed by atoms with van der Waals surface area (Å²) < 4.78 is 47.9. The zero-order chi connectivity index (χ0) is 18.8. The van der Waals surface area contributed by atoms with E-state index in [4.69, 9.17) is 21.1 Å². The molecule has 3 aliphatic heterocycles. The van der Waals surface area contributed by atoms with Crippen molar-refractivity contribution < 1.29 is 32.2 Å². The van der Waals surface area contributed by atoms with Crippen molar-refractivity contribution in [3.63, 3.8) is 0 Å². The topological polar surface area (TPSA) is 79.0 Å². The summed E-state index contributed by atoms with van der Waals surface area (Å²) in [6.45, 7) is 0.687. The van der Waals surface area contributed by atoms with Crippen LogP contribution in [0.3, 0.4) is 0 Å². The number of piperidine rings is 1. The van der Waals surface area contributed by atoms with Crippen molar-refractivity contribution in [1.82, 2.24) is 9.88 Å². The Kier molecular flexibility index (Phi) is 3.92. The molecule has 2 aromatic rings. The second-order valence-electron chi connectivity index (χ2n) is 6.03. The average molecular weight is 457 g/mol. The lowest BCUT2D eigenvalue weighted by Crippen LogP contribution is -2.70. The van der Waals surface area contributed by atoms with Crippen molar-refractivity contribution in [2.45, 2.75) is 24.9 Å². The zero-order valence-electron chi connectivity index (χ0n) is 12.8. The van der Waals surface area contributed by atoms with Gasteiger partial charge in [0.05, 0.1) is 21.6 Å². The molecular formula is C14H10BrClF3N3O4. The summed E-state index contributed by atoms with van der Waals surface area (Å²) in [5.41, 5.74) is -0.0935. The monoisotopic (exact) mass is 455 g/mol. The molecule has 26 heavy (non-hydrogen) atoms. The number of benzene rings is 1. The van der Waals surface area contributed by atoms with E-state index in [1.165, 1.54) is 11.0 Å². The number of halogens is 5. The molecule has 140 valence electrons. The van der Waals surface area contributed by atoms with Gasteiger partial charge in [-0.05, 0) is 28.4 Å². The van der Waals surface area contributed by atoms with E-state index in [9.17, 15) is 18.0 Å². The highest BCUT2D eigenvalue weighted by atomic mass is 79.9. The quantitative estimate of drug-likeness (QED) is 0.734. The number of fused-ring (bicyclic) bond motifs is 3. The van der Waals surface area contributed by atoms with Crippen LogP contribution in [0.2, 0.25) is 5.02 Å². The third-order valence-corrected chi connectivity index (χ3v) is 5.29. The number of carbonyl (C=O) groups is 1. The highest BCUT2D eigenvalue weighted by Crippen LogP contribution is 2.43. The molecule has 2 atom stereocenters. The number of alkyl halides is 3. The lowest BCUT2D eigenvalue weighted by atomic mass is 9.88. The summed E-state index contributed by atoms with van der Waals surface area (Å²) in [6.07, 6.45) is -5.18. The number of aromatic nitrogens is 1. The maximum absolute atomic E-state index is 12.7. The summed E-state index contributed by atoms with van der Waals surface area (Å²) in [4.78, 5) is 18.4. The molecule has 3 saturated heterocycles. The van der Waals surface area contributed by atoms with Gasteiger partial charge in [-0.15, -0.1) is 13.2 Å². The number of carboxylic acid groups (broad SMARTS) is 1. The van der Waals surface area contributed by atoms with Crippen LogP contribution in [-0.2, 0) is 0 Å². The number of nitrogens with zero attached hydrogens (tertiary/aromatic N) is 3. The molecule has 3 fully saturated rings. The molecule has 12 heteroatoms. The fraction of sp³-hybridized carbons (Fsp3) is 0.429. The van der Waals surface area contributed by atoms with Gasteiger partial charge in [-0.25, -0.2) is 4.79 Å². The van der Waals surface area contributed by atoms with E-state index in [0.29, 0.717) is 17.6 Å². The summed E-state index contributed by atoms with van der Waals surface area (Å²) >= 11 is 9.06. The number of amides is 1. The fourth-order valence-electron chi connectivity index (χ4n) is 3.41. The van der Waals surface area contributed by atoms with Gasteiger partial charge in [-0.2, -0.15) is 4.98 Å². The first kappa shape index (κ1) is 17.5. The van der Waals surface area contributed by atoms with Gasteiger partial charge in [-0.1, -0.05) is 11.6 Å². The van der Waals surface area contributed by atoms with Crippen LogP contribution in [0.4, 0.5) is 24.0 Å². The van der Waals surface area contributed by atoms with Crippen molar-refractivity contribution in [2.24, 2.45) is 0 Å². The SMILES string of the molecule is O=C(O)N1C2CC1CN(c1nc3c(OC(F)(F)F)c(Cl)cc(Br)c3o1)C2. The summed E-state index contributed by atoms with van der Waals surface area (Å²) in [5.74, 6) is -0.637. The van der Waals surface area contributed by atoms with Crippen LogP contribution in [0.5, 0.6) is 5.75 Å². The van der Waals surface area contributed by atoms with E-state index >= 15 is 0 Å². The Labute approximate surface area is 157 Å². The number of hydrogen-bond acceptors (Lipinski definition) is 5. The van der Waals surface area contributed by atoms with Crippen LogP contribution in [0.15, 0.2) is 15.0 Å². The predicted octanol–water partition coefficient (Wildman–Crippen LogP) is 4.08. The molecule has 2 bridgehead atoms. The lowest BCUT2D eigenvalue weighted by molar-refractivity contribution is -0.274. The molecule has 1 aromatic heterocycles. The number of ether oxygens (including phenoxy) is 1. The van der Waals surface area contributed by atoms with Crippen LogP contribution >= 0.6 is 27.5 Å². The smallest absolute Gasteiger partial charge is 0.465 e. The first-order valence-electron chi connectivity index (χ1n) is 7.44. The number of oxazole rings is 1. The van der Waals surface area contributed by atoms with Gasteiger partial charge in [0.2, 0.25) is 0 Å². The summed E-state index contributed by atoms with van der Waals surface area (Å²) in [7, 11) is 0. The molecular weight excluding hydrogens is 447 g/mol. The largest absolute Gasteiger partial charge is 0.573 e. The van der Waals surface area contributed by atoms with Gasteiger partial charge in [0.15, 0.2) is 16.8 Å². The van der Waals surface area contributed by atoms with E-state index in [1.54, 1.807) is 4.90 Å². The Morgan fingerprint density at radius 2 is 2.08 bits per heavy atom. The Bertz CT molecular complexity index is 894. The molecule has 5 rings (SSSR count). The van der Waals surface area contributed by atoms with Gasteiger partial charge >= 0.3 is 12.5 Å². The van der Waals surface area contributed by atoms with Crippen LogP contribution in [0.25, 0.3) is 11.1 Å². The summed E-state index contributed by atoms with van der Waals surface area (Å²) in [5, 5.41) is 8.88. The molecule has 7 nitrogen and oxygen atoms in total. The van der Waals surface area contributed by atoms with Gasteiger partial charge < -0.3 is 19.2 Å². The Morgan fingerprint density at radius 3 is 2.65 bits per heavy atom. The molecule has 2 unspecified atom stereocenters. The van der Waals surface area contributed by atoms with E-state index in [-0.39, 0.29) is 34.2 Å². The van der Waals surface area contributed by atoms with E-state index < -0.39 is 18.2 Å². The molecule has 0 spiro atoms. The number of anilines is 1. The molecule has 1 aromatic carbocycles. The first-order chi connectivity index (χ1) is 12.1. The van der Waals surface area contributed by atoms with E-state index in [2.05, 4.69) is 25.7 Å². The third-order valence-electron chi connectivity index (χ3n) is 4.42. The molecule has 3 aliphatic rings. The number of piperazine rings is 1. The third kappa shape index (κ3) is 2.82. The minimum absolute atomic E-state index is 0.0676. The molecule has 0 aliphatic carbocycles. The van der Waals surface area contributed by atoms with Gasteiger partial charge in [0.25, 0.3) is 6.01 Å². The van der Waals surface area contributed by atoms with Crippen molar-refractivity contribution >= 4 is 50.7 Å². The van der Waals surface area contributed by atoms with E-state index in [1.807, 2.05) is 0 Å². The van der Waals surface area contributed by atoms with Gasteiger partial charge in [-0.3, -0.25) is 4.90 Å². The summed E-state index contributed by atoms with van der Waals surface area (Å²) in [6, 6.07) is 0.938. The van der Waals surface area contributed by atoms with Crippen LogP contribution in [0.1, 0.15) is 6.42 Å². The Balaban J connectivity index is 1.69. The highest BCUT2D eigenvalue weighted by molar-refractivity contribution is 9.10. The van der Waals surface area contributed by atoms with E-state index in [0.717, 1.165) is 6.42 Å². The van der Waals surface area contributed by atoms with Crippen molar-refractivity contribution in [2.75, 3.05) is 18.0 Å². The molecule has 0 radical (unpaired) electrons. The maximum atomic E-state index is 12.7. The van der Waals surface area contributed by atoms with Crippen molar-refractivity contribution in [3.8, 4) is 5.75 Å². The second kappa shape index (κ2) is 5.81. The van der Waals surface area contributed by atoms with Crippen LogP contribution < -0.4 is 9.64 Å². The molecule has 4 heterocycles. The van der Waals surface area contributed by atoms with Crippen LogP contribution in [0, 0.1) is 0 Å². The first-order valence-corrected chi connectivity index (χ1v) is 8.61. The standard InChI is InChI=1S/C14H10BrClF3N3O4/c15-7-2-8(16)11(26-14(17,18)19)9-10(7)25-12(20-9)21-3-5-1-6(4-21)22(5)13(23)24/h2,5-6H,1,3-4H2,(H,23,24).